The highest BCUT2D eigenvalue weighted by molar-refractivity contribution is 5.76. The third kappa shape index (κ3) is 2.13. The zero-order chi connectivity index (χ0) is 10.6. The highest BCUT2D eigenvalue weighted by Crippen LogP contribution is 2.07. The quantitative estimate of drug-likeness (QED) is 0.739. The summed E-state index contributed by atoms with van der Waals surface area (Å²) in [5.41, 5.74) is 0. The van der Waals surface area contributed by atoms with E-state index in [1.807, 2.05) is 7.05 Å². The maximum atomic E-state index is 11.8. The molecule has 0 radical (unpaired) electrons. The summed E-state index contributed by atoms with van der Waals surface area (Å²) in [6.45, 7) is 4.18. The minimum Gasteiger partial charge on any atom is -0.324 e. The van der Waals surface area contributed by atoms with E-state index < -0.39 is 0 Å². The fourth-order valence-electron chi connectivity index (χ4n) is 1.55. The molecule has 0 bridgehead atoms. The third-order valence-corrected chi connectivity index (χ3v) is 2.52. The second-order valence-corrected chi connectivity index (χ2v) is 3.33. The molecule has 1 heterocycles. The Balaban J connectivity index is 2.69. The molecular formula is C10H17N3O. The lowest BCUT2D eigenvalue weighted by molar-refractivity contribution is 0.188. The van der Waals surface area contributed by atoms with Gasteiger partial charge < -0.3 is 4.90 Å². The van der Waals surface area contributed by atoms with Crippen LogP contribution in [-0.4, -0.2) is 33.6 Å². The fourth-order valence-corrected chi connectivity index (χ4v) is 1.55. The lowest BCUT2D eigenvalue weighted by Crippen LogP contribution is -2.38. The van der Waals surface area contributed by atoms with E-state index in [-0.39, 0.29) is 6.03 Å². The summed E-state index contributed by atoms with van der Waals surface area (Å²) >= 11 is 0. The first kappa shape index (κ1) is 10.8. The lowest BCUT2D eigenvalue weighted by Gasteiger charge is -2.25. The highest BCUT2D eigenvalue weighted by Gasteiger charge is 2.17. The predicted molar refractivity (Wildman–Crippen MR) is 55.2 cm³/mol. The van der Waals surface area contributed by atoms with E-state index in [9.17, 15) is 4.79 Å². The Hall–Kier alpha value is -1.32. The van der Waals surface area contributed by atoms with E-state index in [0.717, 1.165) is 12.8 Å². The van der Waals surface area contributed by atoms with Gasteiger partial charge in [0.15, 0.2) is 0 Å². The first-order chi connectivity index (χ1) is 6.70. The van der Waals surface area contributed by atoms with Gasteiger partial charge in [0.2, 0.25) is 0 Å². The summed E-state index contributed by atoms with van der Waals surface area (Å²) < 4.78 is 1.50. The lowest BCUT2D eigenvalue weighted by atomic mass is 10.1. The number of carbonyl (C=O) groups is 1. The van der Waals surface area contributed by atoms with E-state index >= 15 is 0 Å². The van der Waals surface area contributed by atoms with Crippen LogP contribution in [0.15, 0.2) is 18.7 Å². The number of amides is 1. The van der Waals surface area contributed by atoms with E-state index in [2.05, 4.69) is 18.8 Å². The Labute approximate surface area is 84.5 Å². The van der Waals surface area contributed by atoms with Crippen LogP contribution in [-0.2, 0) is 0 Å². The van der Waals surface area contributed by atoms with Crippen molar-refractivity contribution in [3.8, 4) is 0 Å². The van der Waals surface area contributed by atoms with E-state index in [1.54, 1.807) is 17.3 Å². The van der Waals surface area contributed by atoms with Gasteiger partial charge in [0, 0.05) is 25.5 Å². The van der Waals surface area contributed by atoms with Crippen LogP contribution in [0.2, 0.25) is 0 Å². The molecule has 0 atom stereocenters. The van der Waals surface area contributed by atoms with Crippen molar-refractivity contribution in [2.24, 2.45) is 0 Å². The second-order valence-electron chi connectivity index (χ2n) is 3.33. The normalized spacial score (nSPS) is 10.6. The number of aromatic nitrogens is 2. The van der Waals surface area contributed by atoms with Gasteiger partial charge in [0.05, 0.1) is 0 Å². The van der Waals surface area contributed by atoms with Crippen LogP contribution in [0.1, 0.15) is 26.7 Å². The number of hydrogen-bond acceptors (Lipinski definition) is 2. The van der Waals surface area contributed by atoms with Gasteiger partial charge >= 0.3 is 6.03 Å². The fraction of sp³-hybridized carbons (Fsp3) is 0.600. The summed E-state index contributed by atoms with van der Waals surface area (Å²) in [4.78, 5) is 17.4. The predicted octanol–water partition coefficient (Wildman–Crippen LogP) is 1.97. The number of nitrogens with zero attached hydrogens (tertiary/aromatic N) is 3. The van der Waals surface area contributed by atoms with Crippen molar-refractivity contribution in [1.82, 2.24) is 14.5 Å². The average Bonchev–Trinajstić information content (AvgIpc) is 2.71. The van der Waals surface area contributed by atoms with Crippen molar-refractivity contribution in [3.05, 3.63) is 18.7 Å². The second kappa shape index (κ2) is 4.79. The first-order valence-electron chi connectivity index (χ1n) is 4.95. The molecule has 0 aromatic carbocycles. The summed E-state index contributed by atoms with van der Waals surface area (Å²) in [6, 6.07) is 0.293. The van der Waals surface area contributed by atoms with Crippen LogP contribution in [0.5, 0.6) is 0 Å². The van der Waals surface area contributed by atoms with Crippen LogP contribution in [0, 0.1) is 0 Å². The molecule has 0 saturated heterocycles. The van der Waals surface area contributed by atoms with Crippen LogP contribution in [0.3, 0.4) is 0 Å². The van der Waals surface area contributed by atoms with Crippen molar-refractivity contribution < 1.29 is 4.79 Å². The molecule has 1 aromatic heterocycles. The summed E-state index contributed by atoms with van der Waals surface area (Å²) in [5, 5.41) is 0. The Bertz CT molecular complexity index is 278. The van der Waals surface area contributed by atoms with Gasteiger partial charge in [0.1, 0.15) is 6.33 Å². The molecule has 4 heteroatoms. The topological polar surface area (TPSA) is 38.1 Å². The maximum absolute atomic E-state index is 11.8. The molecule has 4 nitrogen and oxygen atoms in total. The van der Waals surface area contributed by atoms with Crippen LogP contribution >= 0.6 is 0 Å². The Morgan fingerprint density at radius 1 is 1.50 bits per heavy atom. The van der Waals surface area contributed by atoms with Gasteiger partial charge in [-0.15, -0.1) is 0 Å². The number of rotatable bonds is 3. The van der Waals surface area contributed by atoms with Crippen molar-refractivity contribution >= 4 is 6.03 Å². The average molecular weight is 195 g/mol. The Morgan fingerprint density at radius 3 is 2.57 bits per heavy atom. The number of carbonyl (C=O) groups excluding carboxylic acids is 1. The summed E-state index contributed by atoms with van der Waals surface area (Å²) in [5.74, 6) is 0. The molecule has 0 aliphatic heterocycles. The molecule has 1 aromatic rings. The summed E-state index contributed by atoms with van der Waals surface area (Å²) in [7, 11) is 1.83. The first-order valence-corrected chi connectivity index (χ1v) is 4.95. The van der Waals surface area contributed by atoms with Crippen LogP contribution in [0.4, 0.5) is 4.79 Å². The highest BCUT2D eigenvalue weighted by atomic mass is 16.2. The third-order valence-electron chi connectivity index (χ3n) is 2.52. The van der Waals surface area contributed by atoms with Gasteiger partial charge in [0.25, 0.3) is 0 Å². The van der Waals surface area contributed by atoms with Gasteiger partial charge in [-0.25, -0.2) is 9.78 Å². The van der Waals surface area contributed by atoms with E-state index in [1.165, 1.54) is 10.9 Å². The Kier molecular flexibility index (Phi) is 3.68. The molecule has 0 fully saturated rings. The van der Waals surface area contributed by atoms with Crippen molar-refractivity contribution in [2.45, 2.75) is 32.7 Å². The SMILES string of the molecule is CCC(CC)N(C)C(=O)n1ccnc1. The van der Waals surface area contributed by atoms with Gasteiger partial charge in [-0.2, -0.15) is 0 Å². The van der Waals surface area contributed by atoms with E-state index in [0.29, 0.717) is 6.04 Å². The molecule has 0 N–H and O–H groups in total. The molecule has 0 saturated carbocycles. The monoisotopic (exact) mass is 195 g/mol. The molecule has 0 aliphatic carbocycles. The van der Waals surface area contributed by atoms with E-state index in [4.69, 9.17) is 0 Å². The van der Waals surface area contributed by atoms with Crippen LogP contribution in [0.25, 0.3) is 0 Å². The minimum absolute atomic E-state index is 0.0174. The standard InChI is InChI=1S/C10H17N3O/c1-4-9(5-2)12(3)10(14)13-7-6-11-8-13/h6-9H,4-5H2,1-3H3. The molecule has 14 heavy (non-hydrogen) atoms. The smallest absolute Gasteiger partial charge is 0.324 e. The molecular weight excluding hydrogens is 178 g/mol. The minimum atomic E-state index is -0.0174. The van der Waals surface area contributed by atoms with Gasteiger partial charge in [-0.3, -0.25) is 4.57 Å². The van der Waals surface area contributed by atoms with Crippen LogP contribution < -0.4 is 0 Å². The molecule has 0 aliphatic rings. The maximum Gasteiger partial charge on any atom is 0.329 e. The van der Waals surface area contributed by atoms with Gasteiger partial charge in [-0.1, -0.05) is 13.8 Å². The molecule has 0 unspecified atom stereocenters. The zero-order valence-electron chi connectivity index (χ0n) is 8.97. The number of imidazole rings is 1. The van der Waals surface area contributed by atoms with Crippen molar-refractivity contribution in [1.29, 1.82) is 0 Å². The zero-order valence-corrected chi connectivity index (χ0v) is 8.97. The van der Waals surface area contributed by atoms with Crippen molar-refractivity contribution in [3.63, 3.8) is 0 Å². The summed E-state index contributed by atoms with van der Waals surface area (Å²) in [6.07, 6.45) is 6.77. The molecule has 78 valence electrons. The largest absolute Gasteiger partial charge is 0.329 e. The Morgan fingerprint density at radius 2 is 2.14 bits per heavy atom. The van der Waals surface area contributed by atoms with Gasteiger partial charge in [-0.05, 0) is 12.8 Å². The molecule has 1 amide bonds. The molecule has 0 spiro atoms. The number of hydrogen-bond donors (Lipinski definition) is 0. The van der Waals surface area contributed by atoms with Crippen molar-refractivity contribution in [2.75, 3.05) is 7.05 Å². The molecule has 1 rings (SSSR count).